The number of amides is 2. The Balaban J connectivity index is 1.59. The number of hydrogen-bond donors (Lipinski definition) is 2. The minimum atomic E-state index is -3.77. The zero-order valence-electron chi connectivity index (χ0n) is 18.4. The molecule has 1 aliphatic rings. The number of benzene rings is 2. The van der Waals surface area contributed by atoms with Crippen molar-refractivity contribution in [1.82, 2.24) is 10.2 Å². The molecule has 2 aromatic carbocycles. The van der Waals surface area contributed by atoms with Crippen molar-refractivity contribution in [2.24, 2.45) is 5.92 Å². The lowest BCUT2D eigenvalue weighted by Crippen LogP contribution is -2.45. The molecule has 0 radical (unpaired) electrons. The number of anilines is 1. The van der Waals surface area contributed by atoms with Gasteiger partial charge < -0.3 is 15.0 Å². The highest BCUT2D eigenvalue weighted by Gasteiger charge is 2.28. The van der Waals surface area contributed by atoms with E-state index >= 15 is 0 Å². The van der Waals surface area contributed by atoms with E-state index in [1.165, 1.54) is 24.3 Å². The zero-order valence-corrected chi connectivity index (χ0v) is 20.0. The summed E-state index contributed by atoms with van der Waals surface area (Å²) in [6, 6.07) is 12.1. The molecule has 1 fully saturated rings. The molecule has 8 nitrogen and oxygen atoms in total. The maximum absolute atomic E-state index is 12.9. The highest BCUT2D eigenvalue weighted by atomic mass is 35.5. The van der Waals surface area contributed by atoms with Crippen LogP contribution in [-0.4, -0.2) is 58.5 Å². The molecule has 1 aliphatic heterocycles. The molecule has 0 bridgehead atoms. The number of nitrogens with one attached hydrogen (secondary N) is 2. The van der Waals surface area contributed by atoms with Gasteiger partial charge in [0.15, 0.2) is 0 Å². The summed E-state index contributed by atoms with van der Waals surface area (Å²) < 4.78 is 32.5. The van der Waals surface area contributed by atoms with Crippen LogP contribution >= 0.6 is 11.6 Å². The molecular formula is C23H28ClN3O5S. The number of sulfonamides is 1. The molecule has 2 amide bonds. The van der Waals surface area contributed by atoms with Gasteiger partial charge in [-0.05, 0) is 67.8 Å². The fourth-order valence-corrected chi connectivity index (χ4v) is 4.82. The van der Waals surface area contributed by atoms with Crippen LogP contribution in [0, 0.1) is 5.92 Å². The Morgan fingerprint density at radius 3 is 2.48 bits per heavy atom. The maximum atomic E-state index is 12.9. The van der Waals surface area contributed by atoms with Crippen molar-refractivity contribution in [3.05, 3.63) is 59.1 Å². The quantitative estimate of drug-likeness (QED) is 0.522. The number of carbonyl (C=O) groups is 2. The highest BCUT2D eigenvalue weighted by Crippen LogP contribution is 2.22. The van der Waals surface area contributed by atoms with E-state index in [2.05, 4.69) is 10.0 Å². The van der Waals surface area contributed by atoms with E-state index in [0.717, 1.165) is 19.3 Å². The van der Waals surface area contributed by atoms with Crippen molar-refractivity contribution in [3.63, 3.8) is 0 Å². The lowest BCUT2D eigenvalue weighted by atomic mass is 9.96. The average Bonchev–Trinajstić information content (AvgIpc) is 2.82. The lowest BCUT2D eigenvalue weighted by Gasteiger charge is -2.32. The van der Waals surface area contributed by atoms with Gasteiger partial charge in [0.2, 0.25) is 5.91 Å². The second-order valence-corrected chi connectivity index (χ2v) is 9.98. The third kappa shape index (κ3) is 6.93. The van der Waals surface area contributed by atoms with E-state index in [9.17, 15) is 18.0 Å². The van der Waals surface area contributed by atoms with E-state index in [0.29, 0.717) is 42.5 Å². The number of carbonyl (C=O) groups excluding carboxylic acids is 2. The number of ether oxygens (including phenoxy) is 1. The maximum Gasteiger partial charge on any atom is 0.261 e. The van der Waals surface area contributed by atoms with Crippen LogP contribution in [0.3, 0.4) is 0 Å². The van der Waals surface area contributed by atoms with Crippen LogP contribution in [0.4, 0.5) is 5.69 Å². The minimum Gasteiger partial charge on any atom is -0.385 e. The molecule has 2 aromatic rings. The summed E-state index contributed by atoms with van der Waals surface area (Å²) in [5, 5.41) is 3.35. The number of likely N-dealkylation sites (tertiary alicyclic amines) is 1. The first kappa shape index (κ1) is 25.0. The first-order chi connectivity index (χ1) is 15.8. The topological polar surface area (TPSA) is 105 Å². The SMILES string of the molecule is COCCCNC(=O)[C@H]1CCCN(C(=O)c2ccc(NS(=O)(=O)c3ccc(Cl)cc3)cc2)C1. The molecule has 10 heteroatoms. The summed E-state index contributed by atoms with van der Waals surface area (Å²) in [6.07, 6.45) is 2.23. The molecule has 2 N–H and O–H groups in total. The summed E-state index contributed by atoms with van der Waals surface area (Å²) >= 11 is 5.82. The van der Waals surface area contributed by atoms with Crippen LogP contribution in [0.5, 0.6) is 0 Å². The summed E-state index contributed by atoms with van der Waals surface area (Å²) in [4.78, 5) is 27.1. The van der Waals surface area contributed by atoms with E-state index in [1.54, 1.807) is 36.3 Å². The van der Waals surface area contributed by atoms with Crippen LogP contribution in [-0.2, 0) is 19.6 Å². The fraction of sp³-hybridized carbons (Fsp3) is 0.391. The van der Waals surface area contributed by atoms with Crippen molar-refractivity contribution in [1.29, 1.82) is 0 Å². The number of piperidine rings is 1. The van der Waals surface area contributed by atoms with Gasteiger partial charge in [-0.15, -0.1) is 0 Å². The molecule has 0 unspecified atom stereocenters. The predicted octanol–water partition coefficient (Wildman–Crippen LogP) is 3.15. The lowest BCUT2D eigenvalue weighted by molar-refractivity contribution is -0.126. The van der Waals surface area contributed by atoms with Gasteiger partial charge in [-0.3, -0.25) is 14.3 Å². The van der Waals surface area contributed by atoms with Gasteiger partial charge >= 0.3 is 0 Å². The molecule has 178 valence electrons. The fourth-order valence-electron chi connectivity index (χ4n) is 3.64. The Morgan fingerprint density at radius 1 is 1.12 bits per heavy atom. The monoisotopic (exact) mass is 493 g/mol. The molecule has 0 spiro atoms. The molecule has 33 heavy (non-hydrogen) atoms. The van der Waals surface area contributed by atoms with Crippen LogP contribution < -0.4 is 10.0 Å². The molecule has 0 aromatic heterocycles. The van der Waals surface area contributed by atoms with Crippen LogP contribution in [0.15, 0.2) is 53.4 Å². The van der Waals surface area contributed by atoms with Crippen molar-refractivity contribution < 1.29 is 22.7 Å². The van der Waals surface area contributed by atoms with E-state index in [-0.39, 0.29) is 22.6 Å². The van der Waals surface area contributed by atoms with Crippen LogP contribution in [0.25, 0.3) is 0 Å². The largest absolute Gasteiger partial charge is 0.385 e. The van der Waals surface area contributed by atoms with Gasteiger partial charge in [0, 0.05) is 49.6 Å². The summed E-state index contributed by atoms with van der Waals surface area (Å²) in [5.41, 5.74) is 0.777. The molecule has 0 aliphatic carbocycles. The van der Waals surface area contributed by atoms with Crippen molar-refractivity contribution in [3.8, 4) is 0 Å². The molecule has 1 saturated heterocycles. The van der Waals surface area contributed by atoms with Gasteiger partial charge in [0.1, 0.15) is 0 Å². The Labute approximate surface area is 199 Å². The van der Waals surface area contributed by atoms with E-state index < -0.39 is 10.0 Å². The van der Waals surface area contributed by atoms with Gasteiger partial charge in [0.25, 0.3) is 15.9 Å². The summed E-state index contributed by atoms with van der Waals surface area (Å²) in [7, 11) is -2.15. The van der Waals surface area contributed by atoms with Crippen LogP contribution in [0.1, 0.15) is 29.6 Å². The standard InChI is InChI=1S/C23H28ClN3O5S/c1-32-15-3-13-25-22(28)18-4-2-14-27(16-18)23(29)17-5-9-20(10-6-17)26-33(30,31)21-11-7-19(24)8-12-21/h5-12,18,26H,2-4,13-16H2,1H3,(H,25,28)/t18-/m0/s1. The highest BCUT2D eigenvalue weighted by molar-refractivity contribution is 7.92. The summed E-state index contributed by atoms with van der Waals surface area (Å²) in [5.74, 6) is -0.467. The first-order valence-electron chi connectivity index (χ1n) is 10.7. The van der Waals surface area contributed by atoms with Gasteiger partial charge in [-0.1, -0.05) is 11.6 Å². The second kappa shape index (κ2) is 11.5. The van der Waals surface area contributed by atoms with Crippen LogP contribution in [0.2, 0.25) is 5.02 Å². The van der Waals surface area contributed by atoms with Crippen molar-refractivity contribution >= 4 is 39.1 Å². The average molecular weight is 494 g/mol. The first-order valence-corrected chi connectivity index (χ1v) is 12.6. The minimum absolute atomic E-state index is 0.0458. The van der Waals surface area contributed by atoms with Gasteiger partial charge in [-0.25, -0.2) is 8.42 Å². The Hall–Kier alpha value is -2.62. The van der Waals surface area contributed by atoms with Gasteiger partial charge in [0.05, 0.1) is 10.8 Å². The Kier molecular flexibility index (Phi) is 8.71. The Bertz CT molecular complexity index is 1060. The second-order valence-electron chi connectivity index (χ2n) is 7.86. The van der Waals surface area contributed by atoms with Gasteiger partial charge in [-0.2, -0.15) is 0 Å². The molecule has 1 atom stereocenters. The number of rotatable bonds is 9. The zero-order chi connectivity index (χ0) is 23.8. The molecular weight excluding hydrogens is 466 g/mol. The number of hydrogen-bond acceptors (Lipinski definition) is 5. The Morgan fingerprint density at radius 2 is 1.82 bits per heavy atom. The van der Waals surface area contributed by atoms with Crippen molar-refractivity contribution in [2.75, 3.05) is 38.1 Å². The third-order valence-electron chi connectivity index (χ3n) is 5.41. The molecule has 3 rings (SSSR count). The smallest absolute Gasteiger partial charge is 0.261 e. The number of halogens is 1. The summed E-state index contributed by atoms with van der Waals surface area (Å²) in [6.45, 7) is 2.07. The molecule has 0 saturated carbocycles. The molecule has 1 heterocycles. The predicted molar refractivity (Wildman–Crippen MR) is 127 cm³/mol. The van der Waals surface area contributed by atoms with E-state index in [1.807, 2.05) is 0 Å². The number of nitrogens with zero attached hydrogens (tertiary/aromatic N) is 1. The van der Waals surface area contributed by atoms with E-state index in [4.69, 9.17) is 16.3 Å². The normalized spacial score (nSPS) is 16.3. The third-order valence-corrected chi connectivity index (χ3v) is 7.06. The van der Waals surface area contributed by atoms with Crippen molar-refractivity contribution in [2.45, 2.75) is 24.2 Å². The number of methoxy groups -OCH3 is 1.